The lowest BCUT2D eigenvalue weighted by Gasteiger charge is -2.35. The molecule has 1 saturated carbocycles. The van der Waals surface area contributed by atoms with E-state index in [-0.39, 0.29) is 23.4 Å². The lowest BCUT2D eigenvalue weighted by molar-refractivity contribution is -0.138. The largest absolute Gasteiger partial charge is 0.336 e. The van der Waals surface area contributed by atoms with Crippen LogP contribution in [0, 0.1) is 0 Å². The molecule has 2 aliphatic rings. The third-order valence-corrected chi connectivity index (χ3v) is 7.59. The molecule has 2 N–H and O–H groups in total. The second-order valence-corrected chi connectivity index (χ2v) is 9.92. The summed E-state index contributed by atoms with van der Waals surface area (Å²) in [5.74, 6) is 0.263. The Labute approximate surface area is 173 Å². The van der Waals surface area contributed by atoms with E-state index in [0.717, 1.165) is 42.7 Å². The van der Waals surface area contributed by atoms with Gasteiger partial charge in [0.15, 0.2) is 5.13 Å². The molecule has 0 spiro atoms. The molecule has 0 bridgehead atoms. The van der Waals surface area contributed by atoms with Crippen LogP contribution in [0.25, 0.3) is 0 Å². The van der Waals surface area contributed by atoms with E-state index in [0.29, 0.717) is 18.2 Å². The third kappa shape index (κ3) is 3.67. The van der Waals surface area contributed by atoms with E-state index in [1.807, 2.05) is 24.8 Å². The maximum Gasteiger partial charge on any atom is 0.321 e. The maximum absolute atomic E-state index is 13.6. The van der Waals surface area contributed by atoms with Gasteiger partial charge in [-0.15, -0.1) is 11.3 Å². The van der Waals surface area contributed by atoms with Gasteiger partial charge in [0.2, 0.25) is 5.91 Å². The highest BCUT2D eigenvalue weighted by Crippen LogP contribution is 2.45. The standard InChI is InChI=1S/C20H26N4O2S2/c1-13(2)21-18(26)23-19-22-14-7-10-24(12-15(14)28-19)17(25)20(8-3-4-9-20)16-6-5-11-27-16/h5-6,11,13H,3-4,7-10,12H2,1-2H3,(H2,21,22,23,26). The van der Waals surface area contributed by atoms with Crippen LogP contribution in [0.15, 0.2) is 17.5 Å². The van der Waals surface area contributed by atoms with Gasteiger partial charge in [-0.2, -0.15) is 0 Å². The molecule has 6 nitrogen and oxygen atoms in total. The van der Waals surface area contributed by atoms with Crippen molar-refractivity contribution in [2.24, 2.45) is 0 Å². The van der Waals surface area contributed by atoms with Crippen LogP contribution in [0.2, 0.25) is 0 Å². The Morgan fingerprint density at radius 2 is 2.07 bits per heavy atom. The summed E-state index contributed by atoms with van der Waals surface area (Å²) in [4.78, 5) is 34.4. The monoisotopic (exact) mass is 418 g/mol. The summed E-state index contributed by atoms with van der Waals surface area (Å²) in [5.41, 5.74) is 0.666. The summed E-state index contributed by atoms with van der Waals surface area (Å²) in [6.07, 6.45) is 4.86. The van der Waals surface area contributed by atoms with Crippen molar-refractivity contribution in [3.63, 3.8) is 0 Å². The van der Waals surface area contributed by atoms with E-state index in [1.54, 1.807) is 11.3 Å². The highest BCUT2D eigenvalue weighted by molar-refractivity contribution is 7.15. The van der Waals surface area contributed by atoms with E-state index < -0.39 is 0 Å². The van der Waals surface area contributed by atoms with Gasteiger partial charge in [0.25, 0.3) is 0 Å². The minimum Gasteiger partial charge on any atom is -0.336 e. The van der Waals surface area contributed by atoms with Crippen molar-refractivity contribution >= 4 is 39.7 Å². The number of aromatic nitrogens is 1. The number of urea groups is 1. The van der Waals surface area contributed by atoms with Crippen molar-refractivity contribution in [3.05, 3.63) is 33.0 Å². The van der Waals surface area contributed by atoms with Gasteiger partial charge in [-0.3, -0.25) is 10.1 Å². The van der Waals surface area contributed by atoms with Crippen LogP contribution in [0.3, 0.4) is 0 Å². The Bertz CT molecular complexity index is 854. The number of nitrogens with zero attached hydrogens (tertiary/aromatic N) is 2. The molecule has 28 heavy (non-hydrogen) atoms. The third-order valence-electron chi connectivity index (χ3n) is 5.52. The molecule has 1 aliphatic carbocycles. The fourth-order valence-corrected chi connectivity index (χ4v) is 6.21. The molecule has 8 heteroatoms. The Balaban J connectivity index is 1.49. The molecule has 3 heterocycles. The molecule has 0 radical (unpaired) electrons. The number of hydrogen-bond donors (Lipinski definition) is 2. The number of carbonyl (C=O) groups excluding carboxylic acids is 2. The Kier molecular flexibility index (Phi) is 5.42. The summed E-state index contributed by atoms with van der Waals surface area (Å²) in [5, 5.41) is 8.30. The fraction of sp³-hybridized carbons (Fsp3) is 0.550. The van der Waals surface area contributed by atoms with E-state index in [9.17, 15) is 9.59 Å². The normalized spacial score (nSPS) is 18.2. The van der Waals surface area contributed by atoms with Crippen molar-refractivity contribution in [2.75, 3.05) is 11.9 Å². The summed E-state index contributed by atoms with van der Waals surface area (Å²) < 4.78 is 0. The van der Waals surface area contributed by atoms with Gasteiger partial charge < -0.3 is 10.2 Å². The first kappa shape index (κ1) is 19.4. The Hall–Kier alpha value is -1.93. The number of thiophene rings is 1. The highest BCUT2D eigenvalue weighted by atomic mass is 32.1. The summed E-state index contributed by atoms with van der Waals surface area (Å²) in [7, 11) is 0. The predicted octanol–water partition coefficient (Wildman–Crippen LogP) is 4.13. The SMILES string of the molecule is CC(C)NC(=O)Nc1nc2c(s1)CN(C(=O)C1(c3cccs3)CCCC1)CC2. The molecular formula is C20H26N4O2S2. The van der Waals surface area contributed by atoms with Crippen molar-refractivity contribution in [2.45, 2.75) is 64.0 Å². The van der Waals surface area contributed by atoms with E-state index in [2.05, 4.69) is 27.1 Å². The van der Waals surface area contributed by atoms with Crippen molar-refractivity contribution in [1.82, 2.24) is 15.2 Å². The van der Waals surface area contributed by atoms with Crippen LogP contribution in [0.1, 0.15) is 55.0 Å². The summed E-state index contributed by atoms with van der Waals surface area (Å²) >= 11 is 3.18. The first-order chi connectivity index (χ1) is 13.5. The van der Waals surface area contributed by atoms with Crippen LogP contribution >= 0.6 is 22.7 Å². The average molecular weight is 419 g/mol. The van der Waals surface area contributed by atoms with Gasteiger partial charge in [0.05, 0.1) is 17.7 Å². The number of amides is 3. The van der Waals surface area contributed by atoms with Crippen LogP contribution in [-0.4, -0.2) is 34.4 Å². The van der Waals surface area contributed by atoms with Crippen LogP contribution in [0.5, 0.6) is 0 Å². The van der Waals surface area contributed by atoms with Crippen molar-refractivity contribution in [3.8, 4) is 0 Å². The molecule has 0 saturated heterocycles. The summed E-state index contributed by atoms with van der Waals surface area (Å²) in [6, 6.07) is 4.00. The molecule has 150 valence electrons. The lowest BCUT2D eigenvalue weighted by Crippen LogP contribution is -2.46. The molecule has 1 aliphatic heterocycles. The molecule has 2 aromatic heterocycles. The molecule has 0 aromatic carbocycles. The average Bonchev–Trinajstić information content (AvgIpc) is 3.39. The maximum atomic E-state index is 13.6. The highest BCUT2D eigenvalue weighted by Gasteiger charge is 2.46. The predicted molar refractivity (Wildman–Crippen MR) is 113 cm³/mol. The van der Waals surface area contributed by atoms with E-state index in [4.69, 9.17) is 0 Å². The molecular weight excluding hydrogens is 392 g/mol. The van der Waals surface area contributed by atoms with Crippen LogP contribution in [-0.2, 0) is 23.2 Å². The summed E-state index contributed by atoms with van der Waals surface area (Å²) in [6.45, 7) is 5.12. The number of thiazole rings is 1. The minimum atomic E-state index is -0.339. The van der Waals surface area contributed by atoms with Gasteiger partial charge in [0.1, 0.15) is 0 Å². The smallest absolute Gasteiger partial charge is 0.321 e. The van der Waals surface area contributed by atoms with Gasteiger partial charge in [0, 0.05) is 28.8 Å². The zero-order chi connectivity index (χ0) is 19.7. The number of fused-ring (bicyclic) bond motifs is 1. The van der Waals surface area contributed by atoms with Gasteiger partial charge >= 0.3 is 6.03 Å². The lowest BCUT2D eigenvalue weighted by atomic mass is 9.82. The minimum absolute atomic E-state index is 0.0718. The molecule has 4 rings (SSSR count). The first-order valence-electron chi connectivity index (χ1n) is 9.87. The van der Waals surface area contributed by atoms with Gasteiger partial charge in [-0.05, 0) is 38.1 Å². The van der Waals surface area contributed by atoms with Crippen LogP contribution < -0.4 is 10.6 Å². The number of rotatable bonds is 4. The molecule has 3 amide bonds. The van der Waals surface area contributed by atoms with E-state index >= 15 is 0 Å². The Morgan fingerprint density at radius 3 is 2.75 bits per heavy atom. The number of hydrogen-bond acceptors (Lipinski definition) is 5. The van der Waals surface area contributed by atoms with E-state index in [1.165, 1.54) is 16.2 Å². The molecule has 0 atom stereocenters. The number of anilines is 1. The number of carbonyl (C=O) groups is 2. The number of nitrogens with one attached hydrogen (secondary N) is 2. The van der Waals surface area contributed by atoms with Crippen molar-refractivity contribution in [1.29, 1.82) is 0 Å². The van der Waals surface area contributed by atoms with Gasteiger partial charge in [-0.25, -0.2) is 9.78 Å². The second kappa shape index (κ2) is 7.83. The molecule has 0 unspecified atom stereocenters. The molecule has 1 fully saturated rings. The van der Waals surface area contributed by atoms with Gasteiger partial charge in [-0.1, -0.05) is 30.2 Å². The topological polar surface area (TPSA) is 74.3 Å². The first-order valence-corrected chi connectivity index (χ1v) is 11.6. The fourth-order valence-electron chi connectivity index (χ4n) is 4.22. The van der Waals surface area contributed by atoms with Crippen LogP contribution in [0.4, 0.5) is 9.93 Å². The molecule has 2 aromatic rings. The zero-order valence-electron chi connectivity index (χ0n) is 16.3. The van der Waals surface area contributed by atoms with Crippen molar-refractivity contribution < 1.29 is 9.59 Å². The Morgan fingerprint density at radius 1 is 1.29 bits per heavy atom. The second-order valence-electron chi connectivity index (χ2n) is 7.89. The quantitative estimate of drug-likeness (QED) is 0.784. The zero-order valence-corrected chi connectivity index (χ0v) is 17.9.